The summed E-state index contributed by atoms with van der Waals surface area (Å²) in [6.07, 6.45) is 1.46. The van der Waals surface area contributed by atoms with E-state index in [1.54, 1.807) is 11.0 Å². The standard InChI is InChI=1S/C24H27N3O3/c1-3-11-26-14-18(13-23(26)29)24-25-21-9-4-5-10-22(21)27(24)15-19(28)16-30-20-8-6-7-17(2)12-20/h3-10,12,18-19,28H,1,11,13-16H2,2H3/t18-,19-/m1/s1. The Morgan fingerprint density at radius 1 is 1.30 bits per heavy atom. The van der Waals surface area contributed by atoms with Gasteiger partial charge in [0.1, 0.15) is 24.3 Å². The van der Waals surface area contributed by atoms with Gasteiger partial charge in [-0.05, 0) is 36.8 Å². The van der Waals surface area contributed by atoms with Gasteiger partial charge in [0, 0.05) is 25.4 Å². The van der Waals surface area contributed by atoms with Crippen LogP contribution in [0.25, 0.3) is 11.0 Å². The van der Waals surface area contributed by atoms with Crippen LogP contribution < -0.4 is 4.74 Å². The van der Waals surface area contributed by atoms with Crippen LogP contribution in [0.3, 0.4) is 0 Å². The number of fused-ring (bicyclic) bond motifs is 1. The van der Waals surface area contributed by atoms with Crippen molar-refractivity contribution in [3.8, 4) is 5.75 Å². The van der Waals surface area contributed by atoms with Gasteiger partial charge in [-0.15, -0.1) is 6.58 Å². The number of aliphatic hydroxyl groups excluding tert-OH is 1. The third-order valence-electron chi connectivity index (χ3n) is 5.44. The van der Waals surface area contributed by atoms with Gasteiger partial charge in [-0.2, -0.15) is 0 Å². The molecule has 1 N–H and O–H groups in total. The van der Waals surface area contributed by atoms with Gasteiger partial charge in [0.15, 0.2) is 0 Å². The van der Waals surface area contributed by atoms with Crippen molar-refractivity contribution >= 4 is 16.9 Å². The molecular formula is C24H27N3O3. The number of imidazole rings is 1. The number of aromatic nitrogens is 2. The van der Waals surface area contributed by atoms with E-state index in [1.807, 2.05) is 60.0 Å². The number of para-hydroxylation sites is 2. The number of likely N-dealkylation sites (tertiary alicyclic amines) is 1. The predicted octanol–water partition coefficient (Wildman–Crippen LogP) is 3.29. The predicted molar refractivity (Wildman–Crippen MR) is 117 cm³/mol. The average molecular weight is 405 g/mol. The molecule has 1 fully saturated rings. The van der Waals surface area contributed by atoms with Crippen LogP contribution in [0.5, 0.6) is 5.75 Å². The van der Waals surface area contributed by atoms with E-state index in [4.69, 9.17) is 9.72 Å². The molecular weight excluding hydrogens is 378 g/mol. The quantitative estimate of drug-likeness (QED) is 0.584. The Morgan fingerprint density at radius 2 is 2.13 bits per heavy atom. The Labute approximate surface area is 176 Å². The van der Waals surface area contributed by atoms with Gasteiger partial charge >= 0.3 is 0 Å². The molecule has 1 aliphatic heterocycles. The number of nitrogens with zero attached hydrogens (tertiary/aromatic N) is 3. The minimum atomic E-state index is -0.705. The van der Waals surface area contributed by atoms with E-state index in [-0.39, 0.29) is 18.4 Å². The maximum absolute atomic E-state index is 12.4. The third-order valence-corrected chi connectivity index (χ3v) is 5.44. The molecule has 3 aromatic rings. The summed E-state index contributed by atoms with van der Waals surface area (Å²) in [6, 6.07) is 15.6. The van der Waals surface area contributed by atoms with Crippen LogP contribution in [0.2, 0.25) is 0 Å². The summed E-state index contributed by atoms with van der Waals surface area (Å²) in [5.74, 6) is 1.69. The second-order valence-corrected chi connectivity index (χ2v) is 7.84. The molecule has 2 aromatic carbocycles. The lowest BCUT2D eigenvalue weighted by Gasteiger charge is -2.18. The van der Waals surface area contributed by atoms with E-state index >= 15 is 0 Å². The van der Waals surface area contributed by atoms with Crippen LogP contribution in [0.1, 0.15) is 23.7 Å². The summed E-state index contributed by atoms with van der Waals surface area (Å²) < 4.78 is 7.82. The van der Waals surface area contributed by atoms with E-state index in [9.17, 15) is 9.90 Å². The normalized spacial score (nSPS) is 17.5. The highest BCUT2D eigenvalue weighted by molar-refractivity contribution is 5.81. The lowest BCUT2D eigenvalue weighted by atomic mass is 10.1. The summed E-state index contributed by atoms with van der Waals surface area (Å²) in [5, 5.41) is 10.7. The number of hydrogen-bond acceptors (Lipinski definition) is 4. The summed E-state index contributed by atoms with van der Waals surface area (Å²) in [5.41, 5.74) is 2.94. The van der Waals surface area contributed by atoms with Crippen molar-refractivity contribution in [2.75, 3.05) is 19.7 Å². The molecule has 0 aliphatic carbocycles. The second kappa shape index (κ2) is 8.71. The molecule has 30 heavy (non-hydrogen) atoms. The fourth-order valence-electron chi connectivity index (χ4n) is 4.04. The summed E-state index contributed by atoms with van der Waals surface area (Å²) in [4.78, 5) is 19.0. The smallest absolute Gasteiger partial charge is 0.223 e. The highest BCUT2D eigenvalue weighted by Gasteiger charge is 2.33. The zero-order chi connectivity index (χ0) is 21.1. The number of rotatable bonds is 8. The molecule has 1 saturated heterocycles. The van der Waals surface area contributed by atoms with Crippen molar-refractivity contribution in [1.82, 2.24) is 14.5 Å². The number of aryl methyl sites for hydroxylation is 1. The largest absolute Gasteiger partial charge is 0.491 e. The number of amides is 1. The van der Waals surface area contributed by atoms with E-state index < -0.39 is 6.10 Å². The first-order valence-electron chi connectivity index (χ1n) is 10.3. The summed E-state index contributed by atoms with van der Waals surface area (Å²) >= 11 is 0. The molecule has 4 rings (SSSR count). The molecule has 1 amide bonds. The average Bonchev–Trinajstić information content (AvgIpc) is 3.28. The Kier molecular flexibility index (Phi) is 5.86. The van der Waals surface area contributed by atoms with Crippen LogP contribution in [0.15, 0.2) is 61.2 Å². The molecule has 0 radical (unpaired) electrons. The number of aliphatic hydroxyl groups is 1. The van der Waals surface area contributed by atoms with Crippen LogP contribution in [0.4, 0.5) is 0 Å². The van der Waals surface area contributed by atoms with Crippen molar-refractivity contribution in [2.45, 2.75) is 31.9 Å². The zero-order valence-corrected chi connectivity index (χ0v) is 17.2. The number of benzene rings is 2. The van der Waals surface area contributed by atoms with Gasteiger partial charge in [-0.25, -0.2) is 4.98 Å². The molecule has 0 unspecified atom stereocenters. The Balaban J connectivity index is 1.54. The lowest BCUT2D eigenvalue weighted by Crippen LogP contribution is -2.26. The Morgan fingerprint density at radius 3 is 2.93 bits per heavy atom. The molecule has 6 nitrogen and oxygen atoms in total. The van der Waals surface area contributed by atoms with Gasteiger partial charge in [-0.1, -0.05) is 30.3 Å². The molecule has 1 aliphatic rings. The van der Waals surface area contributed by atoms with E-state index in [0.717, 1.165) is 28.2 Å². The van der Waals surface area contributed by atoms with Crippen LogP contribution >= 0.6 is 0 Å². The number of hydrogen-bond donors (Lipinski definition) is 1. The van der Waals surface area contributed by atoms with Crippen molar-refractivity contribution in [3.63, 3.8) is 0 Å². The zero-order valence-electron chi connectivity index (χ0n) is 17.2. The maximum atomic E-state index is 12.4. The Bertz CT molecular complexity index is 1060. The highest BCUT2D eigenvalue weighted by atomic mass is 16.5. The monoisotopic (exact) mass is 405 g/mol. The molecule has 0 bridgehead atoms. The first-order valence-corrected chi connectivity index (χ1v) is 10.3. The fraction of sp³-hybridized carbons (Fsp3) is 0.333. The van der Waals surface area contributed by atoms with Crippen LogP contribution in [-0.4, -0.2) is 51.3 Å². The minimum Gasteiger partial charge on any atom is -0.491 e. The van der Waals surface area contributed by atoms with E-state index in [2.05, 4.69) is 6.58 Å². The molecule has 2 heterocycles. The highest BCUT2D eigenvalue weighted by Crippen LogP contribution is 2.30. The van der Waals surface area contributed by atoms with Crippen LogP contribution in [-0.2, 0) is 11.3 Å². The molecule has 2 atom stereocenters. The number of carbonyl (C=O) groups is 1. The summed E-state index contributed by atoms with van der Waals surface area (Å²) in [6.45, 7) is 7.44. The molecule has 0 spiro atoms. The number of carbonyl (C=O) groups excluding carboxylic acids is 1. The number of ether oxygens (including phenoxy) is 1. The van der Waals surface area contributed by atoms with E-state index in [1.165, 1.54) is 0 Å². The van der Waals surface area contributed by atoms with Gasteiger partial charge < -0.3 is 19.3 Å². The van der Waals surface area contributed by atoms with Gasteiger partial charge in [0.2, 0.25) is 5.91 Å². The molecule has 156 valence electrons. The van der Waals surface area contributed by atoms with Crippen molar-refractivity contribution < 1.29 is 14.6 Å². The topological polar surface area (TPSA) is 67.6 Å². The van der Waals surface area contributed by atoms with Crippen molar-refractivity contribution in [3.05, 3.63) is 72.6 Å². The van der Waals surface area contributed by atoms with Crippen LogP contribution in [0, 0.1) is 6.92 Å². The Hall–Kier alpha value is -3.12. The minimum absolute atomic E-state index is 0.00487. The molecule has 6 heteroatoms. The second-order valence-electron chi connectivity index (χ2n) is 7.84. The first kappa shape index (κ1) is 20.2. The SMILES string of the molecule is C=CCN1C[C@H](c2nc3ccccc3n2C[C@@H](O)COc2cccc(C)c2)CC1=O. The molecule has 0 saturated carbocycles. The maximum Gasteiger partial charge on any atom is 0.223 e. The summed E-state index contributed by atoms with van der Waals surface area (Å²) in [7, 11) is 0. The van der Waals surface area contributed by atoms with Gasteiger partial charge in [0.05, 0.1) is 17.6 Å². The van der Waals surface area contributed by atoms with Gasteiger partial charge in [-0.3, -0.25) is 4.79 Å². The first-order chi connectivity index (χ1) is 14.5. The molecule has 1 aromatic heterocycles. The van der Waals surface area contributed by atoms with Gasteiger partial charge in [0.25, 0.3) is 0 Å². The van der Waals surface area contributed by atoms with E-state index in [0.29, 0.717) is 26.1 Å². The fourth-order valence-corrected chi connectivity index (χ4v) is 4.04. The van der Waals surface area contributed by atoms with Crippen molar-refractivity contribution in [2.24, 2.45) is 0 Å². The lowest BCUT2D eigenvalue weighted by molar-refractivity contribution is -0.127. The third kappa shape index (κ3) is 4.24. The van der Waals surface area contributed by atoms with Crippen molar-refractivity contribution in [1.29, 1.82) is 0 Å².